The first-order chi connectivity index (χ1) is 9.34. The van der Waals surface area contributed by atoms with Crippen molar-refractivity contribution < 1.29 is 5.11 Å². The highest BCUT2D eigenvalue weighted by molar-refractivity contribution is 5.46. The van der Waals surface area contributed by atoms with Crippen molar-refractivity contribution in [2.45, 2.75) is 37.8 Å². The van der Waals surface area contributed by atoms with Crippen LogP contribution in [0.2, 0.25) is 0 Å². The van der Waals surface area contributed by atoms with Crippen LogP contribution >= 0.6 is 0 Å². The lowest BCUT2D eigenvalue weighted by molar-refractivity contribution is 0.0173. The van der Waals surface area contributed by atoms with Gasteiger partial charge in [0.1, 0.15) is 0 Å². The standard InChI is InChI=1S/C16H24N2O/c19-16-9-5-4-8-15(16)18-12-10-17(11-13-18)14-6-2-1-3-7-14/h1-3,6-7,15-16,19H,4-5,8-13H2/t15-,16-/m0/s1. The van der Waals surface area contributed by atoms with Crippen LogP contribution in [0.3, 0.4) is 0 Å². The topological polar surface area (TPSA) is 26.7 Å². The summed E-state index contributed by atoms with van der Waals surface area (Å²) in [6.45, 7) is 4.31. The SMILES string of the molecule is O[C@H]1CCCC[C@@H]1N1CCN(c2ccccc2)CC1. The largest absolute Gasteiger partial charge is 0.391 e. The molecule has 1 aromatic rings. The zero-order valence-corrected chi connectivity index (χ0v) is 11.5. The minimum Gasteiger partial charge on any atom is -0.391 e. The molecule has 1 saturated carbocycles. The van der Waals surface area contributed by atoms with Gasteiger partial charge in [0, 0.05) is 37.9 Å². The third kappa shape index (κ3) is 2.93. The lowest BCUT2D eigenvalue weighted by Gasteiger charge is -2.43. The quantitative estimate of drug-likeness (QED) is 0.882. The van der Waals surface area contributed by atoms with Crippen molar-refractivity contribution >= 4 is 5.69 Å². The third-order valence-electron chi connectivity index (χ3n) is 4.60. The van der Waals surface area contributed by atoms with E-state index in [1.807, 2.05) is 0 Å². The third-order valence-corrected chi connectivity index (χ3v) is 4.60. The maximum absolute atomic E-state index is 10.1. The normalized spacial score (nSPS) is 29.4. The van der Waals surface area contributed by atoms with Crippen LogP contribution in [0, 0.1) is 0 Å². The maximum Gasteiger partial charge on any atom is 0.0695 e. The van der Waals surface area contributed by atoms with E-state index in [9.17, 15) is 5.11 Å². The second-order valence-electron chi connectivity index (χ2n) is 5.78. The van der Waals surface area contributed by atoms with Crippen molar-refractivity contribution in [2.75, 3.05) is 31.1 Å². The molecule has 3 rings (SSSR count). The Bertz CT molecular complexity index is 387. The minimum absolute atomic E-state index is 0.1000. The first-order valence-corrected chi connectivity index (χ1v) is 7.57. The second kappa shape index (κ2) is 5.93. The van der Waals surface area contributed by atoms with E-state index >= 15 is 0 Å². The molecule has 1 aromatic carbocycles. The highest BCUT2D eigenvalue weighted by Crippen LogP contribution is 2.25. The molecule has 0 amide bonds. The van der Waals surface area contributed by atoms with Crippen molar-refractivity contribution in [3.63, 3.8) is 0 Å². The van der Waals surface area contributed by atoms with E-state index in [0.717, 1.165) is 32.6 Å². The molecule has 2 fully saturated rings. The fraction of sp³-hybridized carbons (Fsp3) is 0.625. The van der Waals surface area contributed by atoms with E-state index in [-0.39, 0.29) is 6.10 Å². The van der Waals surface area contributed by atoms with Crippen molar-refractivity contribution in [3.05, 3.63) is 30.3 Å². The molecule has 0 bridgehead atoms. The van der Waals surface area contributed by atoms with Crippen LogP contribution in [0.5, 0.6) is 0 Å². The molecule has 2 aliphatic rings. The predicted molar refractivity (Wildman–Crippen MR) is 78.5 cm³/mol. The van der Waals surface area contributed by atoms with Crippen molar-refractivity contribution in [1.29, 1.82) is 0 Å². The molecule has 2 atom stereocenters. The smallest absolute Gasteiger partial charge is 0.0695 e. The Hall–Kier alpha value is -1.06. The summed E-state index contributed by atoms with van der Waals surface area (Å²) in [6, 6.07) is 11.1. The molecule has 104 valence electrons. The Kier molecular flexibility index (Phi) is 4.04. The number of anilines is 1. The highest BCUT2D eigenvalue weighted by atomic mass is 16.3. The van der Waals surface area contributed by atoms with Crippen LogP contribution in [-0.2, 0) is 0 Å². The molecule has 0 unspecified atom stereocenters. The van der Waals surface area contributed by atoms with Crippen molar-refractivity contribution in [1.82, 2.24) is 4.90 Å². The summed E-state index contributed by atoms with van der Waals surface area (Å²) in [4.78, 5) is 4.95. The number of aliphatic hydroxyl groups excluding tert-OH is 1. The van der Waals surface area contributed by atoms with Crippen LogP contribution in [0.25, 0.3) is 0 Å². The molecule has 1 aliphatic heterocycles. The number of aliphatic hydroxyl groups is 1. The van der Waals surface area contributed by atoms with Gasteiger partial charge in [-0.05, 0) is 25.0 Å². The summed E-state index contributed by atoms with van der Waals surface area (Å²) in [5.41, 5.74) is 1.33. The number of benzene rings is 1. The van der Waals surface area contributed by atoms with Gasteiger partial charge < -0.3 is 10.0 Å². The first kappa shape index (κ1) is 12.9. The zero-order valence-electron chi connectivity index (χ0n) is 11.5. The molecule has 1 saturated heterocycles. The number of nitrogens with zero attached hydrogens (tertiary/aromatic N) is 2. The van der Waals surface area contributed by atoms with E-state index < -0.39 is 0 Å². The Morgan fingerprint density at radius 2 is 1.58 bits per heavy atom. The van der Waals surface area contributed by atoms with E-state index in [4.69, 9.17) is 0 Å². The van der Waals surface area contributed by atoms with Gasteiger partial charge in [-0.15, -0.1) is 0 Å². The number of rotatable bonds is 2. The van der Waals surface area contributed by atoms with Crippen LogP contribution in [-0.4, -0.2) is 48.3 Å². The zero-order chi connectivity index (χ0) is 13.1. The molecule has 3 nitrogen and oxygen atoms in total. The average molecular weight is 260 g/mol. The summed E-state index contributed by atoms with van der Waals surface area (Å²) in [5, 5.41) is 10.1. The van der Waals surface area contributed by atoms with E-state index in [1.54, 1.807) is 0 Å². The first-order valence-electron chi connectivity index (χ1n) is 7.57. The number of para-hydroxylation sites is 1. The van der Waals surface area contributed by atoms with Gasteiger partial charge >= 0.3 is 0 Å². The van der Waals surface area contributed by atoms with Gasteiger partial charge in [-0.3, -0.25) is 4.90 Å². The summed E-state index contributed by atoms with van der Waals surface area (Å²) < 4.78 is 0. The number of hydrogen-bond acceptors (Lipinski definition) is 3. The van der Waals surface area contributed by atoms with Gasteiger partial charge in [0.25, 0.3) is 0 Å². The van der Waals surface area contributed by atoms with Gasteiger partial charge in [-0.2, -0.15) is 0 Å². The molecule has 0 aromatic heterocycles. The average Bonchev–Trinajstić information content (AvgIpc) is 2.49. The van der Waals surface area contributed by atoms with Crippen molar-refractivity contribution in [2.24, 2.45) is 0 Å². The van der Waals surface area contributed by atoms with Gasteiger partial charge in [-0.1, -0.05) is 31.0 Å². The number of hydrogen-bond donors (Lipinski definition) is 1. The molecule has 0 spiro atoms. The monoisotopic (exact) mass is 260 g/mol. The maximum atomic E-state index is 10.1. The van der Waals surface area contributed by atoms with E-state index in [2.05, 4.69) is 40.1 Å². The highest BCUT2D eigenvalue weighted by Gasteiger charge is 2.30. The second-order valence-corrected chi connectivity index (χ2v) is 5.78. The Labute approximate surface area is 115 Å². The van der Waals surface area contributed by atoms with Gasteiger partial charge in [0.2, 0.25) is 0 Å². The summed E-state index contributed by atoms with van der Waals surface area (Å²) in [5.74, 6) is 0. The number of piperazine rings is 1. The summed E-state index contributed by atoms with van der Waals surface area (Å²) in [7, 11) is 0. The van der Waals surface area contributed by atoms with Gasteiger partial charge in [0.05, 0.1) is 6.10 Å². The molecular weight excluding hydrogens is 236 g/mol. The Morgan fingerprint density at radius 3 is 2.26 bits per heavy atom. The lowest BCUT2D eigenvalue weighted by atomic mass is 9.91. The summed E-state index contributed by atoms with van der Waals surface area (Å²) in [6.07, 6.45) is 4.54. The molecule has 3 heteroatoms. The predicted octanol–water partition coefficient (Wildman–Crippen LogP) is 2.11. The Morgan fingerprint density at radius 1 is 0.895 bits per heavy atom. The van der Waals surface area contributed by atoms with E-state index in [0.29, 0.717) is 6.04 Å². The summed E-state index contributed by atoms with van der Waals surface area (Å²) >= 11 is 0. The van der Waals surface area contributed by atoms with E-state index in [1.165, 1.54) is 24.9 Å². The molecule has 1 N–H and O–H groups in total. The molecule has 1 heterocycles. The van der Waals surface area contributed by atoms with Crippen LogP contribution in [0.4, 0.5) is 5.69 Å². The van der Waals surface area contributed by atoms with Gasteiger partial charge in [-0.25, -0.2) is 0 Å². The Balaban J connectivity index is 1.57. The van der Waals surface area contributed by atoms with Gasteiger partial charge in [0.15, 0.2) is 0 Å². The molecule has 0 radical (unpaired) electrons. The fourth-order valence-electron chi connectivity index (χ4n) is 3.47. The molecule has 19 heavy (non-hydrogen) atoms. The molecular formula is C16H24N2O. The van der Waals surface area contributed by atoms with Crippen LogP contribution in [0.1, 0.15) is 25.7 Å². The molecule has 1 aliphatic carbocycles. The van der Waals surface area contributed by atoms with Crippen LogP contribution < -0.4 is 4.90 Å². The lowest BCUT2D eigenvalue weighted by Crippen LogP contribution is -2.54. The van der Waals surface area contributed by atoms with Crippen LogP contribution in [0.15, 0.2) is 30.3 Å². The minimum atomic E-state index is -0.1000. The van der Waals surface area contributed by atoms with Crippen molar-refractivity contribution in [3.8, 4) is 0 Å². The fourth-order valence-corrected chi connectivity index (χ4v) is 3.47.